The molecule has 0 bridgehead atoms. The van der Waals surface area contributed by atoms with E-state index in [1.165, 1.54) is 16.5 Å². The number of nitrogens with one attached hydrogen (secondary N) is 1. The zero-order valence-electron chi connectivity index (χ0n) is 14.4. The van der Waals surface area contributed by atoms with Crippen LogP contribution in [-0.2, 0) is 0 Å². The lowest BCUT2D eigenvalue weighted by Gasteiger charge is -2.29. The number of nitrogens with zero attached hydrogens (tertiary/aromatic N) is 4. The molecule has 0 radical (unpaired) electrons. The van der Waals surface area contributed by atoms with Gasteiger partial charge in [-0.2, -0.15) is 0 Å². The number of aromatic nitrogens is 3. The average molecular weight is 396 g/mol. The highest BCUT2D eigenvalue weighted by atomic mass is 35.5. The molecule has 8 nitrogen and oxygen atoms in total. The van der Waals surface area contributed by atoms with Crippen LogP contribution < -0.4 is 21.5 Å². The monoisotopic (exact) mass is 395 g/mol. The van der Waals surface area contributed by atoms with Crippen molar-refractivity contribution in [3.63, 3.8) is 0 Å². The third-order valence-electron chi connectivity index (χ3n) is 5.22. The van der Waals surface area contributed by atoms with Gasteiger partial charge < -0.3 is 20.0 Å². The van der Waals surface area contributed by atoms with E-state index in [1.807, 2.05) is 9.47 Å². The number of anilines is 1. The second-order valence-electron chi connectivity index (χ2n) is 6.90. The van der Waals surface area contributed by atoms with Crippen LogP contribution in [0.2, 0.25) is 0 Å². The molecule has 3 heterocycles. The Morgan fingerprint density at radius 1 is 1.07 bits per heavy atom. The van der Waals surface area contributed by atoms with Crippen LogP contribution in [0.15, 0.2) is 27.8 Å². The van der Waals surface area contributed by atoms with Gasteiger partial charge in [-0.15, -0.1) is 12.4 Å². The second kappa shape index (κ2) is 6.28. The van der Waals surface area contributed by atoms with Crippen LogP contribution in [0.25, 0.3) is 16.7 Å². The zero-order valence-corrected chi connectivity index (χ0v) is 15.2. The number of hydrogen-bond donors (Lipinski definition) is 2. The summed E-state index contributed by atoms with van der Waals surface area (Å²) in [4.78, 5) is 26.3. The van der Waals surface area contributed by atoms with Gasteiger partial charge in [0.25, 0.3) is 5.56 Å². The summed E-state index contributed by atoms with van der Waals surface area (Å²) < 4.78 is 18.0. The molecule has 1 saturated carbocycles. The average Bonchev–Trinajstić information content (AvgIpc) is 3.42. The number of rotatable bonds is 2. The molecule has 2 fully saturated rings. The van der Waals surface area contributed by atoms with Crippen molar-refractivity contribution in [1.29, 1.82) is 0 Å². The Hall–Kier alpha value is -2.52. The van der Waals surface area contributed by atoms with E-state index in [4.69, 9.17) is 0 Å². The Bertz CT molecular complexity index is 1160. The fraction of sp³-hybridized carbons (Fsp3) is 0.412. The molecule has 0 spiro atoms. The highest BCUT2D eigenvalue weighted by Gasteiger charge is 2.30. The summed E-state index contributed by atoms with van der Waals surface area (Å²) in [5, 5.41) is 12.9. The van der Waals surface area contributed by atoms with Gasteiger partial charge in [0.1, 0.15) is 11.5 Å². The quantitative estimate of drug-likeness (QED) is 0.631. The van der Waals surface area contributed by atoms with Crippen LogP contribution in [-0.4, -0.2) is 45.1 Å². The van der Waals surface area contributed by atoms with Crippen molar-refractivity contribution in [2.45, 2.75) is 18.9 Å². The Labute approximate surface area is 158 Å². The molecule has 2 N–H and O–H groups in total. The minimum atomic E-state index is -0.883. The number of hydrogen-bond acceptors (Lipinski definition) is 5. The summed E-state index contributed by atoms with van der Waals surface area (Å²) in [6.45, 7) is 2.97. The first-order valence-electron chi connectivity index (χ1n) is 8.73. The van der Waals surface area contributed by atoms with Gasteiger partial charge in [-0.3, -0.25) is 4.79 Å². The summed E-state index contributed by atoms with van der Waals surface area (Å²) in [6, 6.07) is 4.48. The van der Waals surface area contributed by atoms with E-state index in [-0.39, 0.29) is 23.2 Å². The van der Waals surface area contributed by atoms with E-state index < -0.39 is 17.1 Å². The molecule has 10 heteroatoms. The van der Waals surface area contributed by atoms with E-state index in [0.717, 1.165) is 25.9 Å². The Morgan fingerprint density at radius 2 is 1.78 bits per heavy atom. The van der Waals surface area contributed by atoms with Crippen LogP contribution in [0, 0.1) is 5.82 Å². The van der Waals surface area contributed by atoms with Crippen molar-refractivity contribution in [2.24, 2.45) is 0 Å². The van der Waals surface area contributed by atoms with E-state index in [1.54, 1.807) is 6.07 Å². The fourth-order valence-electron chi connectivity index (χ4n) is 3.83. The number of piperazine rings is 1. The van der Waals surface area contributed by atoms with Gasteiger partial charge in [0.15, 0.2) is 0 Å². The molecule has 5 rings (SSSR count). The first-order valence-corrected chi connectivity index (χ1v) is 8.73. The predicted molar refractivity (Wildman–Crippen MR) is 101 cm³/mol. The summed E-state index contributed by atoms with van der Waals surface area (Å²) in [5.41, 5.74) is 0.269. The van der Waals surface area contributed by atoms with E-state index in [0.29, 0.717) is 35.5 Å². The number of halogens is 2. The Balaban J connectivity index is 0.00000180. The minimum absolute atomic E-state index is 0. The van der Waals surface area contributed by atoms with Crippen LogP contribution >= 0.6 is 12.4 Å². The fourth-order valence-corrected chi connectivity index (χ4v) is 3.83. The molecule has 0 amide bonds. The highest BCUT2D eigenvalue weighted by molar-refractivity contribution is 5.86. The molecule has 1 saturated heterocycles. The molecule has 1 aliphatic carbocycles. The number of benzene rings is 1. The zero-order chi connectivity index (χ0) is 18.0. The van der Waals surface area contributed by atoms with Crippen LogP contribution in [0.1, 0.15) is 18.9 Å². The molecule has 1 aromatic carbocycles. The van der Waals surface area contributed by atoms with Crippen molar-refractivity contribution < 1.29 is 9.60 Å². The van der Waals surface area contributed by atoms with Crippen molar-refractivity contribution in [2.75, 3.05) is 31.1 Å². The maximum atomic E-state index is 14.9. The smallest absolute Gasteiger partial charge is 0.370 e. The van der Waals surface area contributed by atoms with Gasteiger partial charge in [0, 0.05) is 44.4 Å². The molecule has 27 heavy (non-hydrogen) atoms. The van der Waals surface area contributed by atoms with Crippen LogP contribution in [0.5, 0.6) is 0 Å². The molecule has 3 aromatic rings. The number of fused-ring (bicyclic) bond motifs is 3. The normalized spacial score (nSPS) is 17.4. The molecule has 1 aliphatic heterocycles. The third-order valence-corrected chi connectivity index (χ3v) is 5.22. The van der Waals surface area contributed by atoms with E-state index >= 15 is 0 Å². The van der Waals surface area contributed by atoms with Crippen LogP contribution in [0.4, 0.5) is 10.1 Å². The lowest BCUT2D eigenvalue weighted by Crippen LogP contribution is -2.43. The molecule has 0 atom stereocenters. The molecule has 144 valence electrons. The lowest BCUT2D eigenvalue weighted by atomic mass is 10.2. The number of imidazole rings is 1. The summed E-state index contributed by atoms with van der Waals surface area (Å²) in [6.07, 6.45) is 1.88. The standard InChI is InChI=1S/C17H18FN5O3.ClH/c18-11-7-13-14(8-12(11)20-5-3-19-4-6-20)21(10-1-2-10)15-9-16(24)23(26)17(25)22(13)15;/h7-10,19,26H,1-6H2;1H. The molecule has 0 unspecified atom stereocenters. The van der Waals surface area contributed by atoms with Crippen molar-refractivity contribution in [3.8, 4) is 0 Å². The van der Waals surface area contributed by atoms with Gasteiger partial charge in [0.2, 0.25) is 0 Å². The lowest BCUT2D eigenvalue weighted by molar-refractivity contribution is 0.159. The topological polar surface area (TPSA) is 83.9 Å². The predicted octanol–water partition coefficient (Wildman–Crippen LogP) is 0.959. The van der Waals surface area contributed by atoms with E-state index in [2.05, 4.69) is 5.32 Å². The Kier molecular flexibility index (Phi) is 4.15. The van der Waals surface area contributed by atoms with Gasteiger partial charge in [-0.05, 0) is 18.9 Å². The van der Waals surface area contributed by atoms with Gasteiger partial charge >= 0.3 is 5.69 Å². The second-order valence-corrected chi connectivity index (χ2v) is 6.90. The Morgan fingerprint density at radius 3 is 2.44 bits per heavy atom. The largest absolute Gasteiger partial charge is 0.421 e. The summed E-state index contributed by atoms with van der Waals surface area (Å²) in [5.74, 6) is -0.420. The maximum Gasteiger partial charge on any atom is 0.370 e. The first-order chi connectivity index (χ1) is 12.6. The molecular formula is C17H19ClFN5O3. The highest BCUT2D eigenvalue weighted by Crippen LogP contribution is 2.40. The van der Waals surface area contributed by atoms with Gasteiger partial charge in [-0.25, -0.2) is 13.6 Å². The van der Waals surface area contributed by atoms with Crippen molar-refractivity contribution >= 4 is 34.8 Å². The van der Waals surface area contributed by atoms with Crippen molar-refractivity contribution in [3.05, 3.63) is 44.9 Å². The van der Waals surface area contributed by atoms with Gasteiger partial charge in [-0.1, -0.05) is 4.73 Å². The van der Waals surface area contributed by atoms with Crippen molar-refractivity contribution in [1.82, 2.24) is 19.0 Å². The molecule has 2 aromatic heterocycles. The van der Waals surface area contributed by atoms with Crippen LogP contribution in [0.3, 0.4) is 0 Å². The van der Waals surface area contributed by atoms with E-state index in [9.17, 15) is 19.2 Å². The molecular weight excluding hydrogens is 377 g/mol. The third kappa shape index (κ3) is 2.61. The minimum Gasteiger partial charge on any atom is -0.421 e. The first kappa shape index (κ1) is 17.9. The molecule has 2 aliphatic rings. The SMILES string of the molecule is Cl.O=c1cc2n(C3CC3)c3cc(N4CCNCC4)c(F)cc3n2c(=O)n1O. The summed E-state index contributed by atoms with van der Waals surface area (Å²) in [7, 11) is 0. The summed E-state index contributed by atoms with van der Waals surface area (Å²) >= 11 is 0. The maximum absolute atomic E-state index is 14.9. The van der Waals surface area contributed by atoms with Gasteiger partial charge in [0.05, 0.1) is 16.7 Å².